The van der Waals surface area contributed by atoms with Crippen LogP contribution in [0.3, 0.4) is 0 Å². The summed E-state index contributed by atoms with van der Waals surface area (Å²) in [5.41, 5.74) is 9.40. The summed E-state index contributed by atoms with van der Waals surface area (Å²) in [6.45, 7) is 14.9. The van der Waals surface area contributed by atoms with Crippen molar-refractivity contribution >= 4 is 46.1 Å². The van der Waals surface area contributed by atoms with Gasteiger partial charge in [0.2, 0.25) is 5.91 Å². The van der Waals surface area contributed by atoms with Crippen molar-refractivity contribution in [3.05, 3.63) is 58.2 Å². The maximum Gasteiger partial charge on any atom is 0.324 e. The van der Waals surface area contributed by atoms with Crippen LogP contribution in [0.15, 0.2) is 41.9 Å². The molecule has 64 heavy (non-hydrogen) atoms. The SMILES string of the molecule is CCn1c(-c2cccnc2[C@H](C)OC)c2c3cc(ccc31)-c1csc(n1)C[C@H](NC(=O)C(C(C)C)N(C)C(=O)N(C)C[C@@H]1CCCN1C)C(=O)N1CCC[C@H](N1)C(=O)OCC(C)(C)C2. The lowest BCUT2D eigenvalue weighted by Gasteiger charge is -2.37. The first-order chi connectivity index (χ1) is 30.5. The van der Waals surface area contributed by atoms with Gasteiger partial charge in [0, 0.05) is 92.3 Å². The van der Waals surface area contributed by atoms with E-state index in [9.17, 15) is 19.2 Å². The Morgan fingerprint density at radius 2 is 1.88 bits per heavy atom. The van der Waals surface area contributed by atoms with Gasteiger partial charge in [0.1, 0.15) is 18.1 Å². The van der Waals surface area contributed by atoms with Crippen molar-refractivity contribution in [2.45, 2.75) is 117 Å². The lowest BCUT2D eigenvalue weighted by Crippen LogP contribution is -2.62. The second-order valence-corrected chi connectivity index (χ2v) is 20.0. The van der Waals surface area contributed by atoms with E-state index in [1.165, 1.54) is 21.2 Å². The zero-order valence-electron chi connectivity index (χ0n) is 39.3. The number of likely N-dealkylation sites (tertiary alicyclic amines) is 1. The molecule has 1 aromatic carbocycles. The molecule has 3 aromatic heterocycles. The van der Waals surface area contributed by atoms with Crippen molar-refractivity contribution in [3.8, 4) is 22.5 Å². The first kappa shape index (κ1) is 47.1. The zero-order chi connectivity index (χ0) is 46.0. The molecule has 2 fully saturated rings. The molecule has 6 heterocycles. The number of esters is 1. The van der Waals surface area contributed by atoms with Crippen LogP contribution in [-0.2, 0) is 43.2 Å². The van der Waals surface area contributed by atoms with Crippen molar-refractivity contribution in [1.29, 1.82) is 0 Å². The number of benzene rings is 1. The summed E-state index contributed by atoms with van der Waals surface area (Å²) < 4.78 is 14.3. The lowest BCUT2D eigenvalue weighted by molar-refractivity contribution is -0.155. The number of nitrogens with zero attached hydrogens (tertiary/aromatic N) is 7. The number of aryl methyl sites for hydroxylation is 1. The van der Waals surface area contributed by atoms with Gasteiger partial charge in [0.05, 0.1) is 34.8 Å². The highest BCUT2D eigenvalue weighted by Crippen LogP contribution is 2.42. The molecule has 346 valence electrons. The van der Waals surface area contributed by atoms with Crippen molar-refractivity contribution in [2.24, 2.45) is 11.3 Å². The minimum absolute atomic E-state index is 0.110. The summed E-state index contributed by atoms with van der Waals surface area (Å²) in [7, 11) is 7.19. The second-order valence-electron chi connectivity index (χ2n) is 19.0. The van der Waals surface area contributed by atoms with Gasteiger partial charge in [0.15, 0.2) is 0 Å². The van der Waals surface area contributed by atoms with E-state index in [0.29, 0.717) is 43.9 Å². The average Bonchev–Trinajstić information content (AvgIpc) is 4.00. The molecular weight excluding hydrogens is 831 g/mol. The van der Waals surface area contributed by atoms with E-state index in [1.54, 1.807) is 32.3 Å². The number of rotatable bonds is 10. The largest absolute Gasteiger partial charge is 0.464 e. The second kappa shape index (κ2) is 19.7. The first-order valence-corrected chi connectivity index (χ1v) is 23.7. The zero-order valence-corrected chi connectivity index (χ0v) is 40.1. The van der Waals surface area contributed by atoms with Crippen LogP contribution >= 0.6 is 11.3 Å². The van der Waals surface area contributed by atoms with E-state index in [1.807, 2.05) is 32.2 Å². The van der Waals surface area contributed by atoms with E-state index in [-0.39, 0.29) is 43.0 Å². The fourth-order valence-corrected chi connectivity index (χ4v) is 10.6. The highest BCUT2D eigenvalue weighted by Gasteiger charge is 2.39. The van der Waals surface area contributed by atoms with Crippen LogP contribution in [0.2, 0.25) is 0 Å². The number of ether oxygens (including phenoxy) is 2. The van der Waals surface area contributed by atoms with Gasteiger partial charge < -0.3 is 34.1 Å². The van der Waals surface area contributed by atoms with Crippen LogP contribution in [0.5, 0.6) is 0 Å². The minimum atomic E-state index is -1.04. The highest BCUT2D eigenvalue weighted by atomic mass is 32.1. The summed E-state index contributed by atoms with van der Waals surface area (Å²) in [5.74, 6) is -1.52. The maximum atomic E-state index is 14.6. The molecule has 5 atom stereocenters. The fraction of sp³-hybridized carbons (Fsp3) is 0.583. The minimum Gasteiger partial charge on any atom is -0.464 e. The summed E-state index contributed by atoms with van der Waals surface area (Å²) >= 11 is 1.43. The number of carbonyl (C=O) groups excluding carboxylic acids is 4. The standard InChI is InChI=1S/C48H67N9O6S/c1-11-56-39-19-18-31-23-34(39)35(43(56)33-16-12-20-49-41(33)30(4)62-10)25-48(5,6)28-63-46(60)36-17-14-22-57(52-36)45(59)37(24-40-50-38(31)27-64-40)51-44(58)42(29(2)3)55(9)47(61)54(8)26-32-15-13-21-53(32)7/h12,16,18-20,23,27,29-30,32,36-37,42,52H,11,13-15,17,21-22,24-26,28H2,1-10H3,(H,51,58)/t30-,32-,36-,37-,42?/m0/s1. The molecule has 7 rings (SSSR count). The maximum absolute atomic E-state index is 14.6. The Balaban J connectivity index is 1.26. The Bertz CT molecular complexity index is 2340. The third-order valence-corrected chi connectivity index (χ3v) is 14.1. The number of methoxy groups -OCH3 is 1. The van der Waals surface area contributed by atoms with Crippen LogP contribution in [0.4, 0.5) is 4.79 Å². The summed E-state index contributed by atoms with van der Waals surface area (Å²) in [5, 5.41) is 8.23. The van der Waals surface area contributed by atoms with E-state index in [2.05, 4.69) is 72.3 Å². The Morgan fingerprint density at radius 3 is 2.58 bits per heavy atom. The Hall–Kier alpha value is -4.90. The molecule has 4 aromatic rings. The molecule has 15 nitrogen and oxygen atoms in total. The Morgan fingerprint density at radius 1 is 1.11 bits per heavy atom. The topological polar surface area (TPSA) is 154 Å². The molecule has 3 aliphatic heterocycles. The molecule has 0 spiro atoms. The van der Waals surface area contributed by atoms with Gasteiger partial charge in [-0.3, -0.25) is 24.4 Å². The summed E-state index contributed by atoms with van der Waals surface area (Å²) in [6.07, 6.45) is 5.40. The van der Waals surface area contributed by atoms with Crippen LogP contribution in [-0.4, -0.2) is 137 Å². The number of urea groups is 1. The molecule has 2 saturated heterocycles. The van der Waals surface area contributed by atoms with Gasteiger partial charge in [-0.2, -0.15) is 0 Å². The van der Waals surface area contributed by atoms with Gasteiger partial charge in [0.25, 0.3) is 5.91 Å². The van der Waals surface area contributed by atoms with Gasteiger partial charge >= 0.3 is 12.0 Å². The number of hydrogen-bond donors (Lipinski definition) is 2. The van der Waals surface area contributed by atoms with Gasteiger partial charge in [-0.15, -0.1) is 11.3 Å². The Labute approximate surface area is 381 Å². The van der Waals surface area contributed by atoms with Gasteiger partial charge in [-0.1, -0.05) is 33.8 Å². The predicted octanol–water partition coefficient (Wildman–Crippen LogP) is 6.30. The smallest absolute Gasteiger partial charge is 0.324 e. The number of hydrogen-bond acceptors (Lipinski definition) is 11. The first-order valence-electron chi connectivity index (χ1n) is 22.8. The van der Waals surface area contributed by atoms with Crippen LogP contribution in [0.1, 0.15) is 89.6 Å². The number of hydrazine groups is 1. The normalized spacial score (nSPS) is 21.7. The number of pyridine rings is 1. The van der Waals surface area contributed by atoms with Crippen molar-refractivity contribution in [3.63, 3.8) is 0 Å². The molecule has 0 radical (unpaired) electrons. The van der Waals surface area contributed by atoms with Crippen LogP contribution in [0.25, 0.3) is 33.4 Å². The summed E-state index contributed by atoms with van der Waals surface area (Å²) in [4.78, 5) is 72.1. The molecular formula is C48H67N9O6S. The van der Waals surface area contributed by atoms with E-state index in [4.69, 9.17) is 19.4 Å². The molecule has 1 unspecified atom stereocenters. The summed E-state index contributed by atoms with van der Waals surface area (Å²) in [6, 6.07) is 7.81. The number of fused-ring (bicyclic) bond motifs is 6. The van der Waals surface area contributed by atoms with Crippen molar-refractivity contribution in [2.75, 3.05) is 54.5 Å². The van der Waals surface area contributed by atoms with Crippen LogP contribution in [0, 0.1) is 11.3 Å². The number of thiazole rings is 1. The van der Waals surface area contributed by atoms with Gasteiger partial charge in [-0.25, -0.2) is 15.2 Å². The van der Waals surface area contributed by atoms with E-state index in [0.717, 1.165) is 64.1 Å². The van der Waals surface area contributed by atoms with E-state index < -0.39 is 35.4 Å². The Kier molecular flexibility index (Phi) is 14.5. The van der Waals surface area contributed by atoms with Gasteiger partial charge in [-0.05, 0) is 95.3 Å². The molecule has 6 bridgehead atoms. The molecule has 2 N–H and O–H groups in total. The highest BCUT2D eigenvalue weighted by molar-refractivity contribution is 7.10. The van der Waals surface area contributed by atoms with Crippen molar-refractivity contribution < 1.29 is 28.7 Å². The van der Waals surface area contributed by atoms with Crippen molar-refractivity contribution in [1.82, 2.24) is 45.0 Å². The number of aromatic nitrogens is 3. The van der Waals surface area contributed by atoms with Crippen LogP contribution < -0.4 is 10.7 Å². The van der Waals surface area contributed by atoms with E-state index >= 15 is 0 Å². The predicted molar refractivity (Wildman–Crippen MR) is 249 cm³/mol. The number of amides is 4. The molecule has 4 amide bonds. The number of carbonyl (C=O) groups is 4. The lowest BCUT2D eigenvalue weighted by atomic mass is 9.84. The molecule has 0 saturated carbocycles. The fourth-order valence-electron chi connectivity index (χ4n) is 9.74. The number of likely N-dealkylation sites (N-methyl/N-ethyl adjacent to an activating group) is 3. The molecule has 0 aliphatic carbocycles. The average molecular weight is 898 g/mol. The quantitative estimate of drug-likeness (QED) is 0.173. The number of cyclic esters (lactones) is 1. The third kappa shape index (κ3) is 9.85. The third-order valence-electron chi connectivity index (χ3n) is 13.3. The number of nitrogens with one attached hydrogen (secondary N) is 2. The molecule has 3 aliphatic rings. The molecule has 16 heteroatoms. The monoisotopic (exact) mass is 897 g/mol.